The largest absolute Gasteiger partial charge is 0.477 e. The normalized spacial score (nSPS) is 11.0. The van der Waals surface area contributed by atoms with Gasteiger partial charge in [-0.05, 0) is 23.8 Å². The molecule has 0 aliphatic carbocycles. The number of hydrogen-bond donors (Lipinski definition) is 1. The third-order valence-electron chi connectivity index (χ3n) is 2.36. The van der Waals surface area contributed by atoms with Crippen molar-refractivity contribution in [2.75, 3.05) is 0 Å². The van der Waals surface area contributed by atoms with Crippen LogP contribution in [0.25, 0.3) is 11.1 Å². The first kappa shape index (κ1) is 16.8. The van der Waals surface area contributed by atoms with Crippen molar-refractivity contribution >= 4 is 41.3 Å². The molecule has 1 aromatic heterocycles. The van der Waals surface area contributed by atoms with Crippen molar-refractivity contribution in [2.45, 2.75) is 6.18 Å². The molecular formula is C12H7Cl2F3O2S. The molecule has 0 bridgehead atoms. The Labute approximate surface area is 127 Å². The second-order valence-electron chi connectivity index (χ2n) is 3.66. The van der Waals surface area contributed by atoms with Crippen LogP contribution in [0.2, 0.25) is 5.02 Å². The SMILES string of the molecule is Cl.O=C(O)c1cc(-c2ccc(Cl)cc2)c(C(F)(F)F)s1. The van der Waals surface area contributed by atoms with E-state index >= 15 is 0 Å². The van der Waals surface area contributed by atoms with Gasteiger partial charge in [0, 0.05) is 10.6 Å². The molecule has 2 rings (SSSR count). The summed E-state index contributed by atoms with van der Waals surface area (Å²) < 4.78 is 38.6. The Balaban J connectivity index is 0.00000200. The quantitative estimate of drug-likeness (QED) is 0.813. The van der Waals surface area contributed by atoms with E-state index in [1.807, 2.05) is 0 Å². The van der Waals surface area contributed by atoms with E-state index in [2.05, 4.69) is 0 Å². The molecule has 0 amide bonds. The van der Waals surface area contributed by atoms with E-state index in [1.165, 1.54) is 24.3 Å². The lowest BCUT2D eigenvalue weighted by molar-refractivity contribution is -0.133. The summed E-state index contributed by atoms with van der Waals surface area (Å²) in [6.07, 6.45) is -4.59. The minimum atomic E-state index is -4.59. The number of carboxylic acids is 1. The number of hydrogen-bond acceptors (Lipinski definition) is 2. The molecule has 0 fully saturated rings. The summed E-state index contributed by atoms with van der Waals surface area (Å²) in [4.78, 5) is 9.53. The highest BCUT2D eigenvalue weighted by Gasteiger charge is 2.37. The second kappa shape index (κ2) is 6.03. The Morgan fingerprint density at radius 3 is 2.20 bits per heavy atom. The Bertz CT molecular complexity index is 621. The van der Waals surface area contributed by atoms with Gasteiger partial charge in [-0.2, -0.15) is 13.2 Å². The predicted molar refractivity (Wildman–Crippen MR) is 74.0 cm³/mol. The Morgan fingerprint density at radius 2 is 1.75 bits per heavy atom. The van der Waals surface area contributed by atoms with Gasteiger partial charge in [0.05, 0.1) is 0 Å². The predicted octanol–water partition coefficient (Wildman–Crippen LogP) is 5.21. The van der Waals surface area contributed by atoms with Crippen molar-refractivity contribution < 1.29 is 23.1 Å². The first-order valence-electron chi connectivity index (χ1n) is 4.99. The molecule has 1 N–H and O–H groups in total. The highest BCUT2D eigenvalue weighted by molar-refractivity contribution is 7.14. The van der Waals surface area contributed by atoms with Gasteiger partial charge < -0.3 is 5.11 Å². The van der Waals surface area contributed by atoms with Gasteiger partial charge in [-0.25, -0.2) is 4.79 Å². The summed E-state index contributed by atoms with van der Waals surface area (Å²) in [5.41, 5.74) is 0.132. The monoisotopic (exact) mass is 342 g/mol. The first-order valence-corrected chi connectivity index (χ1v) is 6.19. The van der Waals surface area contributed by atoms with Crippen LogP contribution in [0.3, 0.4) is 0 Å². The van der Waals surface area contributed by atoms with Gasteiger partial charge >= 0.3 is 12.1 Å². The summed E-state index contributed by atoms with van der Waals surface area (Å²) in [6.45, 7) is 0. The van der Waals surface area contributed by atoms with Crippen molar-refractivity contribution in [2.24, 2.45) is 0 Å². The van der Waals surface area contributed by atoms with E-state index in [-0.39, 0.29) is 39.7 Å². The van der Waals surface area contributed by atoms with Gasteiger partial charge in [-0.15, -0.1) is 23.7 Å². The van der Waals surface area contributed by atoms with Gasteiger partial charge in [0.15, 0.2) is 0 Å². The lowest BCUT2D eigenvalue weighted by atomic mass is 10.1. The van der Waals surface area contributed by atoms with Crippen LogP contribution in [0, 0.1) is 0 Å². The average molecular weight is 343 g/mol. The van der Waals surface area contributed by atoms with Gasteiger partial charge in [0.2, 0.25) is 0 Å². The summed E-state index contributed by atoms with van der Waals surface area (Å²) in [7, 11) is 0. The summed E-state index contributed by atoms with van der Waals surface area (Å²) in [5, 5.41) is 9.20. The number of thiophene rings is 1. The lowest BCUT2D eigenvalue weighted by Gasteiger charge is -2.07. The van der Waals surface area contributed by atoms with Crippen LogP contribution in [0.15, 0.2) is 30.3 Å². The van der Waals surface area contributed by atoms with Gasteiger partial charge in [-0.1, -0.05) is 23.7 Å². The van der Waals surface area contributed by atoms with Crippen LogP contribution in [0.4, 0.5) is 13.2 Å². The van der Waals surface area contributed by atoms with E-state index < -0.39 is 17.0 Å². The van der Waals surface area contributed by atoms with Crippen LogP contribution < -0.4 is 0 Å². The molecule has 1 aromatic carbocycles. The number of carboxylic acid groups (broad SMARTS) is 1. The van der Waals surface area contributed by atoms with Crippen molar-refractivity contribution in [1.82, 2.24) is 0 Å². The van der Waals surface area contributed by atoms with E-state index in [0.717, 1.165) is 6.07 Å². The van der Waals surface area contributed by atoms with Crippen molar-refractivity contribution in [1.29, 1.82) is 0 Å². The smallest absolute Gasteiger partial charge is 0.426 e. The second-order valence-corrected chi connectivity index (χ2v) is 5.15. The van der Waals surface area contributed by atoms with Crippen LogP contribution in [-0.4, -0.2) is 11.1 Å². The van der Waals surface area contributed by atoms with Crippen LogP contribution in [0.1, 0.15) is 14.5 Å². The molecular weight excluding hydrogens is 336 g/mol. The first-order chi connectivity index (χ1) is 8.79. The van der Waals surface area contributed by atoms with Crippen LogP contribution >= 0.6 is 35.3 Å². The van der Waals surface area contributed by atoms with E-state index in [9.17, 15) is 18.0 Å². The molecule has 20 heavy (non-hydrogen) atoms. The number of aromatic carboxylic acids is 1. The fourth-order valence-corrected chi connectivity index (χ4v) is 2.56. The highest BCUT2D eigenvalue weighted by Crippen LogP contribution is 2.42. The lowest BCUT2D eigenvalue weighted by Crippen LogP contribution is -2.03. The molecule has 2 nitrogen and oxygen atoms in total. The molecule has 1 heterocycles. The van der Waals surface area contributed by atoms with E-state index in [1.54, 1.807) is 0 Å². The van der Waals surface area contributed by atoms with Gasteiger partial charge in [-0.3, -0.25) is 0 Å². The summed E-state index contributed by atoms with van der Waals surface area (Å²) in [6, 6.07) is 6.78. The fourth-order valence-electron chi connectivity index (χ4n) is 1.55. The topological polar surface area (TPSA) is 37.3 Å². The van der Waals surface area contributed by atoms with Crippen molar-refractivity contribution in [3.8, 4) is 11.1 Å². The number of halogens is 5. The minimum Gasteiger partial charge on any atom is -0.477 e. The molecule has 0 saturated carbocycles. The number of alkyl halides is 3. The van der Waals surface area contributed by atoms with Crippen LogP contribution in [-0.2, 0) is 6.18 Å². The van der Waals surface area contributed by atoms with Gasteiger partial charge in [0.25, 0.3) is 0 Å². The Morgan fingerprint density at radius 1 is 1.20 bits per heavy atom. The number of benzene rings is 1. The van der Waals surface area contributed by atoms with Crippen molar-refractivity contribution in [3.63, 3.8) is 0 Å². The van der Waals surface area contributed by atoms with E-state index in [0.29, 0.717) is 5.02 Å². The molecule has 0 aliphatic heterocycles. The molecule has 2 aromatic rings. The van der Waals surface area contributed by atoms with Crippen molar-refractivity contribution in [3.05, 3.63) is 45.1 Å². The molecule has 0 radical (unpaired) electrons. The minimum absolute atomic E-state index is 0. The third kappa shape index (κ3) is 3.45. The number of carbonyl (C=O) groups is 1. The number of rotatable bonds is 2. The zero-order valence-electron chi connectivity index (χ0n) is 9.57. The summed E-state index contributed by atoms with van der Waals surface area (Å²) >= 11 is 5.89. The maximum Gasteiger partial charge on any atom is 0.426 e. The maximum atomic E-state index is 12.9. The zero-order chi connectivity index (χ0) is 14.2. The Kier molecular flexibility index (Phi) is 5.07. The molecule has 108 valence electrons. The third-order valence-corrected chi connectivity index (χ3v) is 3.78. The highest BCUT2D eigenvalue weighted by atomic mass is 35.5. The molecule has 0 spiro atoms. The van der Waals surface area contributed by atoms with Gasteiger partial charge in [0.1, 0.15) is 9.75 Å². The zero-order valence-corrected chi connectivity index (χ0v) is 12.0. The van der Waals surface area contributed by atoms with E-state index in [4.69, 9.17) is 16.7 Å². The average Bonchev–Trinajstić information content (AvgIpc) is 2.74. The molecule has 0 atom stereocenters. The fraction of sp³-hybridized carbons (Fsp3) is 0.0833. The standard InChI is InChI=1S/C12H6ClF3O2S.ClH/c13-7-3-1-6(2-4-7)8-5-9(11(17)18)19-10(8)12(14,15)16;/h1-5H,(H,17,18);1H. The van der Waals surface area contributed by atoms with Crippen LogP contribution in [0.5, 0.6) is 0 Å². The maximum absolute atomic E-state index is 12.9. The summed E-state index contributed by atoms with van der Waals surface area (Å²) in [5.74, 6) is -1.38. The molecule has 0 aliphatic rings. The molecule has 8 heteroatoms. The molecule has 0 saturated heterocycles. The Hall–Kier alpha value is -1.24. The molecule has 0 unspecified atom stereocenters.